The summed E-state index contributed by atoms with van der Waals surface area (Å²) in [5, 5.41) is 10.6. The van der Waals surface area contributed by atoms with E-state index < -0.39 is 12.5 Å². The predicted octanol–water partition coefficient (Wildman–Crippen LogP) is 4.40. The highest BCUT2D eigenvalue weighted by Gasteiger charge is 2.21. The molecule has 10 heteroatoms. The SMILES string of the molecule is C[N+](C)(CCCCCCCCCCC(=O)OCc1ccc([N+](=O)[O-])cc1)CCP(=O)(O)O. The quantitative estimate of drug-likeness (QED) is 0.0857. The fraction of sp³-hybridized carbons (Fsp3) is 0.682. The van der Waals surface area contributed by atoms with Crippen LogP contribution in [0.15, 0.2) is 24.3 Å². The van der Waals surface area contributed by atoms with E-state index >= 15 is 0 Å². The van der Waals surface area contributed by atoms with Crippen molar-refractivity contribution in [3.05, 3.63) is 39.9 Å². The molecule has 0 saturated carbocycles. The highest BCUT2D eigenvalue weighted by Crippen LogP contribution is 2.34. The fourth-order valence-corrected chi connectivity index (χ4v) is 4.13. The van der Waals surface area contributed by atoms with Crippen molar-refractivity contribution in [3.63, 3.8) is 0 Å². The predicted molar refractivity (Wildman–Crippen MR) is 123 cm³/mol. The van der Waals surface area contributed by atoms with Gasteiger partial charge in [0.1, 0.15) is 6.61 Å². The normalized spacial score (nSPS) is 12.0. The van der Waals surface area contributed by atoms with Crippen LogP contribution in [0.1, 0.15) is 63.4 Å². The monoisotopic (exact) mass is 473 g/mol. The molecule has 0 radical (unpaired) electrons. The van der Waals surface area contributed by atoms with Crippen LogP contribution >= 0.6 is 7.60 Å². The van der Waals surface area contributed by atoms with Crippen molar-refractivity contribution in [2.75, 3.05) is 33.3 Å². The van der Waals surface area contributed by atoms with Crippen molar-refractivity contribution >= 4 is 19.3 Å². The Hall–Kier alpha value is -1.80. The molecule has 0 unspecified atom stereocenters. The largest absolute Gasteiger partial charge is 0.461 e. The molecule has 0 atom stereocenters. The lowest BCUT2D eigenvalue weighted by atomic mass is 10.1. The second-order valence-corrected chi connectivity index (χ2v) is 10.7. The van der Waals surface area contributed by atoms with Crippen molar-refractivity contribution < 1.29 is 33.3 Å². The van der Waals surface area contributed by atoms with Gasteiger partial charge >= 0.3 is 13.6 Å². The van der Waals surface area contributed by atoms with Crippen molar-refractivity contribution in [2.45, 2.75) is 64.4 Å². The molecule has 1 rings (SSSR count). The Balaban J connectivity index is 1.98. The Morgan fingerprint density at radius 2 is 1.50 bits per heavy atom. The zero-order chi connectivity index (χ0) is 24.0. The minimum Gasteiger partial charge on any atom is -0.461 e. The molecule has 0 heterocycles. The summed E-state index contributed by atoms with van der Waals surface area (Å²) in [6.45, 7) is 1.54. The fourth-order valence-electron chi connectivity index (χ4n) is 3.33. The van der Waals surface area contributed by atoms with Crippen LogP contribution in [0.3, 0.4) is 0 Å². The second-order valence-electron chi connectivity index (χ2n) is 8.93. The van der Waals surface area contributed by atoms with E-state index in [4.69, 9.17) is 14.5 Å². The number of carbonyl (C=O) groups is 1. The van der Waals surface area contributed by atoms with Crippen LogP contribution in [-0.4, -0.2) is 58.5 Å². The zero-order valence-corrected chi connectivity index (χ0v) is 20.2. The smallest absolute Gasteiger partial charge is 0.331 e. The first-order valence-corrected chi connectivity index (χ1v) is 13.0. The second kappa shape index (κ2) is 14.4. The zero-order valence-electron chi connectivity index (χ0n) is 19.3. The third kappa shape index (κ3) is 14.3. The molecule has 1 aromatic carbocycles. The molecule has 0 aromatic heterocycles. The Labute approximate surface area is 190 Å². The van der Waals surface area contributed by atoms with Crippen LogP contribution in [0.5, 0.6) is 0 Å². The van der Waals surface area contributed by atoms with Crippen LogP contribution < -0.4 is 0 Å². The number of rotatable bonds is 17. The lowest BCUT2D eigenvalue weighted by Crippen LogP contribution is -2.42. The number of hydrogen-bond acceptors (Lipinski definition) is 5. The molecular weight excluding hydrogens is 435 g/mol. The Kier molecular flexibility index (Phi) is 12.7. The van der Waals surface area contributed by atoms with E-state index in [0.717, 1.165) is 63.5 Å². The van der Waals surface area contributed by atoms with Gasteiger partial charge in [0.2, 0.25) is 0 Å². The first kappa shape index (κ1) is 28.2. The third-order valence-electron chi connectivity index (χ3n) is 5.44. The summed E-state index contributed by atoms with van der Waals surface area (Å²) < 4.78 is 16.8. The highest BCUT2D eigenvalue weighted by atomic mass is 31.2. The van der Waals surface area contributed by atoms with Gasteiger partial charge in [-0.2, -0.15) is 0 Å². The summed E-state index contributed by atoms with van der Waals surface area (Å²) in [6.07, 6.45) is 8.79. The molecule has 0 bridgehead atoms. The minimum atomic E-state index is -3.92. The van der Waals surface area contributed by atoms with Crippen molar-refractivity contribution in [1.29, 1.82) is 0 Å². The van der Waals surface area contributed by atoms with Crippen LogP contribution in [0.2, 0.25) is 0 Å². The average molecular weight is 474 g/mol. The van der Waals surface area contributed by atoms with Crippen LogP contribution in [0.4, 0.5) is 5.69 Å². The number of quaternary nitrogens is 1. The van der Waals surface area contributed by atoms with Crippen LogP contribution in [0.25, 0.3) is 0 Å². The van der Waals surface area contributed by atoms with Gasteiger partial charge in [-0.25, -0.2) is 0 Å². The molecule has 32 heavy (non-hydrogen) atoms. The summed E-state index contributed by atoms with van der Waals surface area (Å²) in [4.78, 5) is 40.0. The molecule has 0 aliphatic carbocycles. The maximum Gasteiger partial charge on any atom is 0.331 e. The van der Waals surface area contributed by atoms with Gasteiger partial charge in [-0.15, -0.1) is 0 Å². The molecule has 182 valence electrons. The summed E-state index contributed by atoms with van der Waals surface area (Å²) in [5.74, 6) is -0.247. The molecule has 9 nitrogen and oxygen atoms in total. The number of ether oxygens (including phenoxy) is 1. The maximum absolute atomic E-state index is 11.8. The number of nitrogens with zero attached hydrogens (tertiary/aromatic N) is 2. The number of carbonyl (C=O) groups excluding carboxylic acids is 1. The topological polar surface area (TPSA) is 127 Å². The molecule has 0 saturated heterocycles. The van der Waals surface area contributed by atoms with E-state index in [1.165, 1.54) is 12.1 Å². The van der Waals surface area contributed by atoms with Crippen LogP contribution in [-0.2, 0) is 20.7 Å². The number of unbranched alkanes of at least 4 members (excludes halogenated alkanes) is 7. The summed E-state index contributed by atoms with van der Waals surface area (Å²) in [6, 6.07) is 5.98. The molecular formula is C22H38N2O7P+. The number of nitro groups is 1. The number of hydrogen-bond donors (Lipinski definition) is 2. The van der Waals surface area contributed by atoms with Gasteiger partial charge in [0.05, 0.1) is 38.3 Å². The summed E-state index contributed by atoms with van der Waals surface area (Å²) in [7, 11) is 0.0932. The highest BCUT2D eigenvalue weighted by molar-refractivity contribution is 7.51. The number of non-ortho nitro benzene ring substituents is 1. The summed E-state index contributed by atoms with van der Waals surface area (Å²) in [5.41, 5.74) is 0.745. The lowest BCUT2D eigenvalue weighted by Gasteiger charge is -2.29. The van der Waals surface area contributed by atoms with Crippen molar-refractivity contribution in [3.8, 4) is 0 Å². The molecule has 0 aliphatic heterocycles. The first-order valence-electron chi connectivity index (χ1n) is 11.2. The maximum atomic E-state index is 11.8. The third-order valence-corrected chi connectivity index (χ3v) is 6.22. The Bertz CT molecular complexity index is 747. The summed E-state index contributed by atoms with van der Waals surface area (Å²) >= 11 is 0. The number of esters is 1. The number of nitro benzene ring substituents is 1. The average Bonchev–Trinajstić information content (AvgIpc) is 2.72. The van der Waals surface area contributed by atoms with E-state index in [9.17, 15) is 19.5 Å². The van der Waals surface area contributed by atoms with E-state index in [1.54, 1.807) is 12.1 Å². The lowest BCUT2D eigenvalue weighted by molar-refractivity contribution is -0.888. The van der Waals surface area contributed by atoms with Gasteiger partial charge in [0.15, 0.2) is 0 Å². The van der Waals surface area contributed by atoms with Gasteiger partial charge in [-0.3, -0.25) is 19.5 Å². The first-order chi connectivity index (χ1) is 15.0. The minimum absolute atomic E-state index is 0.0151. The van der Waals surface area contributed by atoms with E-state index in [0.29, 0.717) is 17.4 Å². The van der Waals surface area contributed by atoms with E-state index in [1.807, 2.05) is 14.1 Å². The van der Waals surface area contributed by atoms with Crippen molar-refractivity contribution in [2.24, 2.45) is 0 Å². The molecule has 2 N–H and O–H groups in total. The molecule has 1 aromatic rings. The van der Waals surface area contributed by atoms with Gasteiger partial charge in [-0.05, 0) is 37.0 Å². The van der Waals surface area contributed by atoms with Gasteiger partial charge in [0.25, 0.3) is 5.69 Å². The van der Waals surface area contributed by atoms with E-state index in [2.05, 4.69) is 0 Å². The number of benzene rings is 1. The molecule has 0 amide bonds. The van der Waals surface area contributed by atoms with Crippen LogP contribution in [0, 0.1) is 10.1 Å². The van der Waals surface area contributed by atoms with E-state index in [-0.39, 0.29) is 24.4 Å². The molecule has 0 spiro atoms. The van der Waals surface area contributed by atoms with Gasteiger partial charge < -0.3 is 19.0 Å². The standard InChI is InChI=1S/C22H37N2O7P/c1-24(2,17-18-32(28,29)30)16-10-8-6-4-3-5-7-9-11-22(25)31-19-20-12-14-21(15-13-20)23(26)27/h12-15H,3-11,16-19H2,1-2H3,(H-,28,29,30)/p+1. The molecule has 0 aliphatic rings. The molecule has 0 fully saturated rings. The van der Waals surface area contributed by atoms with Crippen molar-refractivity contribution in [1.82, 2.24) is 0 Å². The van der Waals surface area contributed by atoms with Gasteiger partial charge in [0, 0.05) is 18.6 Å². The van der Waals surface area contributed by atoms with Gasteiger partial charge in [-0.1, -0.05) is 32.1 Å². The Morgan fingerprint density at radius 3 is 2.03 bits per heavy atom. The Morgan fingerprint density at radius 1 is 0.969 bits per heavy atom.